The lowest BCUT2D eigenvalue weighted by atomic mass is 10.2. The van der Waals surface area contributed by atoms with E-state index in [0.29, 0.717) is 18.0 Å². The molecule has 140 valence electrons. The van der Waals surface area contributed by atoms with Crippen LogP contribution in [-0.4, -0.2) is 62.0 Å². The van der Waals surface area contributed by atoms with Gasteiger partial charge in [0, 0.05) is 37.1 Å². The molecule has 3 heterocycles. The maximum Gasteiger partial charge on any atom is 0.243 e. The van der Waals surface area contributed by atoms with E-state index in [1.165, 1.54) is 0 Å². The van der Waals surface area contributed by atoms with Crippen molar-refractivity contribution in [2.45, 2.75) is 24.3 Å². The third-order valence-electron chi connectivity index (χ3n) is 4.87. The van der Waals surface area contributed by atoms with E-state index < -0.39 is 10.0 Å². The van der Waals surface area contributed by atoms with Crippen molar-refractivity contribution in [1.29, 1.82) is 0 Å². The molecule has 2 fully saturated rings. The largest absolute Gasteiger partial charge is 0.379 e. The fourth-order valence-electron chi connectivity index (χ4n) is 3.34. The van der Waals surface area contributed by atoms with Crippen LogP contribution in [0, 0.1) is 0 Å². The summed E-state index contributed by atoms with van der Waals surface area (Å²) in [7, 11) is -3.35. The van der Waals surface area contributed by atoms with Gasteiger partial charge in [-0.15, -0.1) is 11.3 Å². The molecule has 1 aromatic heterocycles. The Bertz CT molecular complexity index is 837. The molecule has 0 atom stereocenters. The zero-order valence-corrected chi connectivity index (χ0v) is 16.3. The van der Waals surface area contributed by atoms with Crippen LogP contribution in [0.4, 0.5) is 0 Å². The molecule has 1 aromatic carbocycles. The van der Waals surface area contributed by atoms with Crippen LogP contribution in [-0.2, 0) is 21.3 Å². The highest BCUT2D eigenvalue weighted by Crippen LogP contribution is 2.26. The molecule has 0 N–H and O–H groups in total. The van der Waals surface area contributed by atoms with Gasteiger partial charge >= 0.3 is 0 Å². The average Bonchev–Trinajstić information content (AvgIpc) is 3.35. The van der Waals surface area contributed by atoms with E-state index in [-0.39, 0.29) is 0 Å². The molecule has 0 aliphatic carbocycles. The van der Waals surface area contributed by atoms with E-state index in [9.17, 15) is 8.42 Å². The van der Waals surface area contributed by atoms with Crippen molar-refractivity contribution in [2.24, 2.45) is 0 Å². The second kappa shape index (κ2) is 7.74. The van der Waals surface area contributed by atoms with Gasteiger partial charge in [-0.25, -0.2) is 13.4 Å². The van der Waals surface area contributed by atoms with Crippen molar-refractivity contribution in [1.82, 2.24) is 14.2 Å². The molecule has 6 nitrogen and oxygen atoms in total. The van der Waals surface area contributed by atoms with Gasteiger partial charge in [0.05, 0.1) is 30.3 Å². The first-order chi connectivity index (χ1) is 12.6. The smallest absolute Gasteiger partial charge is 0.243 e. The number of hydrogen-bond donors (Lipinski definition) is 0. The van der Waals surface area contributed by atoms with Crippen LogP contribution in [0.15, 0.2) is 34.5 Å². The number of aromatic nitrogens is 1. The Kier molecular flexibility index (Phi) is 5.37. The standard InChI is InChI=1S/C18H23N3O3S2/c22-26(23,21-7-1-2-8-21)16-5-3-15(4-6-16)17-14-25-18(19-17)13-20-9-11-24-12-10-20/h3-6,14H,1-2,7-13H2. The molecular formula is C18H23N3O3S2. The lowest BCUT2D eigenvalue weighted by molar-refractivity contribution is 0.0342. The Hall–Kier alpha value is -1.32. The molecule has 2 aromatic rings. The first-order valence-corrected chi connectivity index (χ1v) is 11.3. The van der Waals surface area contributed by atoms with Crippen LogP contribution in [0.1, 0.15) is 17.8 Å². The average molecular weight is 394 g/mol. The Labute approximate surface area is 158 Å². The molecule has 0 saturated carbocycles. The van der Waals surface area contributed by atoms with Gasteiger partial charge in [-0.3, -0.25) is 4.90 Å². The number of sulfonamides is 1. The van der Waals surface area contributed by atoms with Gasteiger partial charge in [-0.1, -0.05) is 12.1 Å². The molecule has 0 amide bonds. The predicted octanol–water partition coefficient (Wildman–Crippen LogP) is 2.43. The van der Waals surface area contributed by atoms with Gasteiger partial charge in [-0.05, 0) is 25.0 Å². The second-order valence-electron chi connectivity index (χ2n) is 6.65. The normalized spacial score (nSPS) is 19.8. The fraction of sp³-hybridized carbons (Fsp3) is 0.500. The Morgan fingerprint density at radius 3 is 2.42 bits per heavy atom. The molecule has 2 aliphatic heterocycles. The molecular weight excluding hydrogens is 370 g/mol. The minimum absolute atomic E-state index is 0.368. The quantitative estimate of drug-likeness (QED) is 0.781. The Morgan fingerprint density at radius 1 is 1.04 bits per heavy atom. The SMILES string of the molecule is O=S(=O)(c1ccc(-c2csc(CN3CCOCC3)n2)cc1)N1CCCC1. The number of ether oxygens (including phenoxy) is 1. The highest BCUT2D eigenvalue weighted by Gasteiger charge is 2.27. The summed E-state index contributed by atoms with van der Waals surface area (Å²) in [5.74, 6) is 0. The number of thiazole rings is 1. The summed E-state index contributed by atoms with van der Waals surface area (Å²) in [6, 6.07) is 7.11. The molecule has 0 unspecified atom stereocenters. The summed E-state index contributed by atoms with van der Waals surface area (Å²) in [6.45, 7) is 5.55. The third-order valence-corrected chi connectivity index (χ3v) is 7.61. The molecule has 0 spiro atoms. The van der Waals surface area contributed by atoms with E-state index >= 15 is 0 Å². The zero-order chi connectivity index (χ0) is 18.0. The second-order valence-corrected chi connectivity index (χ2v) is 9.53. The Balaban J connectivity index is 1.47. The van der Waals surface area contributed by atoms with Gasteiger partial charge in [0.1, 0.15) is 5.01 Å². The van der Waals surface area contributed by atoms with E-state index in [1.54, 1.807) is 27.8 Å². The first-order valence-electron chi connectivity index (χ1n) is 8.98. The number of benzene rings is 1. The molecule has 8 heteroatoms. The molecule has 2 saturated heterocycles. The van der Waals surface area contributed by atoms with Crippen LogP contribution in [0.5, 0.6) is 0 Å². The van der Waals surface area contributed by atoms with E-state index in [0.717, 1.165) is 62.0 Å². The van der Waals surface area contributed by atoms with Crippen LogP contribution >= 0.6 is 11.3 Å². The molecule has 4 rings (SSSR count). The molecule has 26 heavy (non-hydrogen) atoms. The summed E-state index contributed by atoms with van der Waals surface area (Å²) in [4.78, 5) is 7.43. The van der Waals surface area contributed by atoms with Crippen molar-refractivity contribution in [3.63, 3.8) is 0 Å². The van der Waals surface area contributed by atoms with Crippen molar-refractivity contribution in [2.75, 3.05) is 39.4 Å². The minimum atomic E-state index is -3.35. The summed E-state index contributed by atoms with van der Waals surface area (Å²) in [5, 5.41) is 3.12. The van der Waals surface area contributed by atoms with Gasteiger partial charge < -0.3 is 4.74 Å². The minimum Gasteiger partial charge on any atom is -0.379 e. The fourth-order valence-corrected chi connectivity index (χ4v) is 5.70. The van der Waals surface area contributed by atoms with Gasteiger partial charge in [0.25, 0.3) is 0 Å². The van der Waals surface area contributed by atoms with Crippen molar-refractivity contribution in [3.8, 4) is 11.3 Å². The Morgan fingerprint density at radius 2 is 1.73 bits per heavy atom. The van der Waals surface area contributed by atoms with Crippen molar-refractivity contribution >= 4 is 21.4 Å². The van der Waals surface area contributed by atoms with Crippen LogP contribution in [0.3, 0.4) is 0 Å². The molecule has 2 aliphatic rings. The van der Waals surface area contributed by atoms with E-state index in [4.69, 9.17) is 9.72 Å². The van der Waals surface area contributed by atoms with Crippen LogP contribution in [0.25, 0.3) is 11.3 Å². The van der Waals surface area contributed by atoms with Gasteiger partial charge in [0.2, 0.25) is 10.0 Å². The topological polar surface area (TPSA) is 62.7 Å². The number of nitrogens with zero attached hydrogens (tertiary/aromatic N) is 3. The van der Waals surface area contributed by atoms with Crippen LogP contribution in [0.2, 0.25) is 0 Å². The van der Waals surface area contributed by atoms with Gasteiger partial charge in [0.15, 0.2) is 0 Å². The monoisotopic (exact) mass is 393 g/mol. The van der Waals surface area contributed by atoms with E-state index in [2.05, 4.69) is 4.90 Å². The maximum absolute atomic E-state index is 12.6. The summed E-state index contributed by atoms with van der Waals surface area (Å²) in [5.41, 5.74) is 1.86. The predicted molar refractivity (Wildman–Crippen MR) is 102 cm³/mol. The first kappa shape index (κ1) is 18.1. The van der Waals surface area contributed by atoms with Crippen LogP contribution < -0.4 is 0 Å². The van der Waals surface area contributed by atoms with Crippen molar-refractivity contribution in [3.05, 3.63) is 34.7 Å². The van der Waals surface area contributed by atoms with Gasteiger partial charge in [-0.2, -0.15) is 4.31 Å². The summed E-state index contributed by atoms with van der Waals surface area (Å²) in [6.07, 6.45) is 1.89. The lowest BCUT2D eigenvalue weighted by Gasteiger charge is -2.25. The molecule has 0 bridgehead atoms. The third kappa shape index (κ3) is 3.84. The van der Waals surface area contributed by atoms with E-state index in [1.807, 2.05) is 17.5 Å². The number of hydrogen-bond acceptors (Lipinski definition) is 6. The van der Waals surface area contributed by atoms with Crippen molar-refractivity contribution < 1.29 is 13.2 Å². The maximum atomic E-state index is 12.6. The number of morpholine rings is 1. The lowest BCUT2D eigenvalue weighted by Crippen LogP contribution is -2.35. The molecule has 0 radical (unpaired) electrons. The summed E-state index contributed by atoms with van der Waals surface area (Å²) >= 11 is 1.65. The zero-order valence-electron chi connectivity index (χ0n) is 14.6. The summed E-state index contributed by atoms with van der Waals surface area (Å²) < 4.78 is 32.2. The highest BCUT2D eigenvalue weighted by atomic mass is 32.2. The highest BCUT2D eigenvalue weighted by molar-refractivity contribution is 7.89. The number of rotatable bonds is 5.